The van der Waals surface area contributed by atoms with Crippen molar-refractivity contribution in [1.82, 2.24) is 15.1 Å². The smallest absolute Gasteiger partial charge is 0.304 e. The van der Waals surface area contributed by atoms with Gasteiger partial charge in [0.25, 0.3) is 5.82 Å². The van der Waals surface area contributed by atoms with Crippen molar-refractivity contribution in [1.29, 1.82) is 0 Å². The molecule has 3 aromatic rings. The van der Waals surface area contributed by atoms with E-state index in [-0.39, 0.29) is 12.4 Å². The van der Waals surface area contributed by atoms with Crippen LogP contribution in [0.2, 0.25) is 0 Å². The fraction of sp³-hybridized carbons (Fsp3) is 0.167. The lowest BCUT2D eigenvalue weighted by molar-refractivity contribution is -0.472. The Labute approximate surface area is 143 Å². The lowest BCUT2D eigenvalue weighted by Crippen LogP contribution is -2.14. The number of nitrogens with zero attached hydrogens (tertiary/aromatic N) is 4. The molecule has 1 aromatic carbocycles. The van der Waals surface area contributed by atoms with Gasteiger partial charge < -0.3 is 9.26 Å². The minimum absolute atomic E-state index is 0.203. The van der Waals surface area contributed by atoms with Gasteiger partial charge in [-0.05, 0) is 18.2 Å². The first-order chi connectivity index (χ1) is 12.2. The van der Waals surface area contributed by atoms with E-state index in [1.807, 2.05) is 30.3 Å². The lowest BCUT2D eigenvalue weighted by atomic mass is 9.97. The van der Waals surface area contributed by atoms with Crippen LogP contribution < -0.4 is 4.74 Å². The molecule has 1 aliphatic heterocycles. The van der Waals surface area contributed by atoms with Gasteiger partial charge in [-0.3, -0.25) is 4.98 Å². The predicted molar refractivity (Wildman–Crippen MR) is 90.5 cm³/mol. The highest BCUT2D eigenvalue weighted by Crippen LogP contribution is 2.33. The Morgan fingerprint density at radius 3 is 2.92 bits per heavy atom. The Bertz CT molecular complexity index is 1010. The highest BCUT2D eigenvalue weighted by atomic mass is 16.5. The molecule has 0 saturated carbocycles. The van der Waals surface area contributed by atoms with Crippen molar-refractivity contribution in [3.63, 3.8) is 0 Å². The Morgan fingerprint density at radius 1 is 1.28 bits per heavy atom. The van der Waals surface area contributed by atoms with Crippen LogP contribution in [0.3, 0.4) is 0 Å². The topological polar surface area (TPSA) is 81.1 Å². The van der Waals surface area contributed by atoms with Crippen LogP contribution in [-0.4, -0.2) is 27.0 Å². The molecule has 0 atom stereocenters. The summed E-state index contributed by atoms with van der Waals surface area (Å²) in [7, 11) is 1.62. The Morgan fingerprint density at radius 2 is 2.16 bits per heavy atom. The van der Waals surface area contributed by atoms with Crippen molar-refractivity contribution in [2.75, 3.05) is 7.11 Å². The minimum Gasteiger partial charge on any atom is -0.497 e. The molecule has 0 saturated heterocycles. The van der Waals surface area contributed by atoms with E-state index in [9.17, 15) is 4.91 Å². The molecule has 0 bridgehead atoms. The molecule has 0 amide bonds. The SMILES string of the molecule is COc1cccc(-c2nccc3c2C=C(c2noc(C)n2)[N+](=O)C3)c1. The zero-order chi connectivity index (χ0) is 17.4. The third-order valence-corrected chi connectivity index (χ3v) is 4.04. The normalized spacial score (nSPS) is 13.4. The van der Waals surface area contributed by atoms with Crippen LogP contribution in [0.15, 0.2) is 41.1 Å². The number of rotatable bonds is 3. The molecule has 4 rings (SSSR count). The van der Waals surface area contributed by atoms with Gasteiger partial charge in [0.15, 0.2) is 0 Å². The maximum atomic E-state index is 12.4. The molecule has 0 unspecified atom stereocenters. The lowest BCUT2D eigenvalue weighted by Gasteiger charge is -2.13. The van der Waals surface area contributed by atoms with E-state index in [0.717, 1.165) is 32.9 Å². The van der Waals surface area contributed by atoms with Gasteiger partial charge in [-0.25, -0.2) is 0 Å². The predicted octanol–water partition coefficient (Wildman–Crippen LogP) is 3.24. The number of hydrogen-bond donors (Lipinski definition) is 0. The molecule has 2 aromatic heterocycles. The number of pyridine rings is 1. The molecule has 0 fully saturated rings. The fourth-order valence-corrected chi connectivity index (χ4v) is 2.84. The Kier molecular flexibility index (Phi) is 3.61. The number of fused-ring (bicyclic) bond motifs is 1. The van der Waals surface area contributed by atoms with Gasteiger partial charge >= 0.3 is 5.70 Å². The number of methoxy groups -OCH3 is 1. The van der Waals surface area contributed by atoms with Crippen LogP contribution in [-0.2, 0) is 6.54 Å². The standard InChI is InChI=1S/C18H15N4O3/c1-11-20-18(21-25-11)16-9-15-13(10-22(16)23)6-7-19-17(15)12-4-3-5-14(8-12)24-2/h3-9H,10H2,1-2H3/q+1. The second-order valence-corrected chi connectivity index (χ2v) is 5.67. The molecule has 7 nitrogen and oxygen atoms in total. The van der Waals surface area contributed by atoms with Gasteiger partial charge in [-0.1, -0.05) is 17.3 Å². The zero-order valence-corrected chi connectivity index (χ0v) is 13.8. The van der Waals surface area contributed by atoms with Crippen molar-refractivity contribution in [3.8, 4) is 17.0 Å². The molecule has 124 valence electrons. The van der Waals surface area contributed by atoms with Crippen LogP contribution in [0.1, 0.15) is 22.8 Å². The van der Waals surface area contributed by atoms with Crippen LogP contribution in [0, 0.1) is 11.8 Å². The van der Waals surface area contributed by atoms with Crippen molar-refractivity contribution in [3.05, 3.63) is 64.3 Å². The van der Waals surface area contributed by atoms with E-state index in [1.54, 1.807) is 26.3 Å². The van der Waals surface area contributed by atoms with Crippen LogP contribution >= 0.6 is 0 Å². The highest BCUT2D eigenvalue weighted by molar-refractivity contribution is 5.83. The number of hydrogen-bond acceptors (Lipinski definition) is 6. The first-order valence-corrected chi connectivity index (χ1v) is 7.75. The van der Waals surface area contributed by atoms with E-state index in [4.69, 9.17) is 9.26 Å². The van der Waals surface area contributed by atoms with Gasteiger partial charge in [0.2, 0.25) is 12.4 Å². The number of aryl methyl sites for hydroxylation is 1. The molecule has 3 heterocycles. The fourth-order valence-electron chi connectivity index (χ4n) is 2.84. The van der Waals surface area contributed by atoms with Gasteiger partial charge in [-0.2, -0.15) is 4.98 Å². The Hall–Kier alpha value is -3.35. The zero-order valence-electron chi connectivity index (χ0n) is 13.8. The summed E-state index contributed by atoms with van der Waals surface area (Å²) in [6.45, 7) is 1.89. The van der Waals surface area contributed by atoms with Crippen molar-refractivity contribution in [2.45, 2.75) is 13.5 Å². The minimum atomic E-state index is 0.203. The molecule has 25 heavy (non-hydrogen) atoms. The largest absolute Gasteiger partial charge is 0.497 e. The number of nitroso groups, excluding NO2 is 1. The Balaban J connectivity index is 1.88. The summed E-state index contributed by atoms with van der Waals surface area (Å²) in [5, 5.41) is 3.86. The molecule has 1 aliphatic rings. The van der Waals surface area contributed by atoms with E-state index in [0.29, 0.717) is 11.6 Å². The summed E-state index contributed by atoms with van der Waals surface area (Å²) in [6, 6.07) is 9.50. The molecule has 0 spiro atoms. The van der Waals surface area contributed by atoms with E-state index >= 15 is 0 Å². The quantitative estimate of drug-likeness (QED) is 0.684. The van der Waals surface area contributed by atoms with Gasteiger partial charge in [0, 0.05) is 45.6 Å². The molecular formula is C18H15N4O3+. The number of aromatic nitrogens is 3. The average molecular weight is 335 g/mol. The average Bonchev–Trinajstić information content (AvgIpc) is 3.06. The van der Waals surface area contributed by atoms with Gasteiger partial charge in [0.1, 0.15) is 5.75 Å². The third kappa shape index (κ3) is 2.69. The van der Waals surface area contributed by atoms with Crippen molar-refractivity contribution in [2.24, 2.45) is 0 Å². The summed E-state index contributed by atoms with van der Waals surface area (Å²) in [4.78, 5) is 21.1. The summed E-state index contributed by atoms with van der Waals surface area (Å²) in [5.41, 5.74) is 3.83. The summed E-state index contributed by atoms with van der Waals surface area (Å²) >= 11 is 0. The van der Waals surface area contributed by atoms with Crippen molar-refractivity contribution < 1.29 is 14.0 Å². The molecule has 0 aliphatic carbocycles. The van der Waals surface area contributed by atoms with Crippen LogP contribution in [0.25, 0.3) is 23.0 Å². The first-order valence-electron chi connectivity index (χ1n) is 7.75. The maximum absolute atomic E-state index is 12.4. The number of ether oxygens (including phenoxy) is 1. The van der Waals surface area contributed by atoms with Crippen LogP contribution in [0.4, 0.5) is 0 Å². The van der Waals surface area contributed by atoms with Crippen LogP contribution in [0.5, 0.6) is 5.75 Å². The summed E-state index contributed by atoms with van der Waals surface area (Å²) < 4.78 is 11.2. The molecule has 7 heteroatoms. The highest BCUT2D eigenvalue weighted by Gasteiger charge is 2.32. The summed E-state index contributed by atoms with van der Waals surface area (Å²) in [6.07, 6.45) is 3.47. The van der Waals surface area contributed by atoms with E-state index in [2.05, 4.69) is 15.1 Å². The third-order valence-electron chi connectivity index (χ3n) is 4.04. The molecule has 0 N–H and O–H groups in total. The van der Waals surface area contributed by atoms with Gasteiger partial charge in [0.05, 0.1) is 12.8 Å². The second-order valence-electron chi connectivity index (χ2n) is 5.67. The number of benzene rings is 1. The van der Waals surface area contributed by atoms with Crippen molar-refractivity contribution >= 4 is 11.8 Å². The summed E-state index contributed by atoms with van der Waals surface area (Å²) in [5.74, 6) is 1.43. The second kappa shape index (κ2) is 5.94. The van der Waals surface area contributed by atoms with E-state index < -0.39 is 0 Å². The maximum Gasteiger partial charge on any atom is 0.304 e. The molecule has 0 radical (unpaired) electrons. The monoisotopic (exact) mass is 335 g/mol. The van der Waals surface area contributed by atoms with Gasteiger partial charge in [-0.15, -0.1) is 0 Å². The first kappa shape index (κ1) is 15.2. The van der Waals surface area contributed by atoms with E-state index in [1.165, 1.54) is 0 Å². The molecular weight excluding hydrogens is 320 g/mol.